The molecule has 154 valence electrons. The number of nitrogens with zero attached hydrogens (tertiary/aromatic N) is 2. The number of rotatable bonds is 6. The summed E-state index contributed by atoms with van der Waals surface area (Å²) in [6.45, 7) is 3.85. The van der Waals surface area contributed by atoms with Crippen LogP contribution in [0.5, 0.6) is 11.5 Å². The van der Waals surface area contributed by atoms with Crippen molar-refractivity contribution >= 4 is 11.7 Å². The number of carbonyl (C=O) groups is 1. The highest BCUT2D eigenvalue weighted by Gasteiger charge is 2.45. The molecular weight excluding hydrogens is 366 g/mol. The van der Waals surface area contributed by atoms with E-state index in [0.29, 0.717) is 6.54 Å². The van der Waals surface area contributed by atoms with Crippen LogP contribution in [0.15, 0.2) is 48.5 Å². The highest BCUT2D eigenvalue weighted by molar-refractivity contribution is 5.75. The van der Waals surface area contributed by atoms with Gasteiger partial charge in [0.1, 0.15) is 0 Å². The molecule has 2 aromatic carbocycles. The summed E-state index contributed by atoms with van der Waals surface area (Å²) in [5.41, 5.74) is 2.43. The van der Waals surface area contributed by atoms with Crippen molar-refractivity contribution in [1.29, 1.82) is 0 Å². The molecule has 1 aliphatic carbocycles. The molecule has 2 aromatic rings. The smallest absolute Gasteiger partial charge is 0.317 e. The molecule has 2 amide bonds. The first-order valence-electron chi connectivity index (χ1n) is 10.2. The van der Waals surface area contributed by atoms with Gasteiger partial charge in [-0.2, -0.15) is 0 Å². The summed E-state index contributed by atoms with van der Waals surface area (Å²) in [5, 5.41) is 3.17. The number of piperazine rings is 1. The van der Waals surface area contributed by atoms with Gasteiger partial charge >= 0.3 is 6.03 Å². The molecule has 1 aliphatic heterocycles. The third kappa shape index (κ3) is 4.11. The first kappa shape index (κ1) is 19.4. The monoisotopic (exact) mass is 395 g/mol. The lowest BCUT2D eigenvalue weighted by Crippen LogP contribution is -2.52. The number of ether oxygens (including phenoxy) is 2. The van der Waals surface area contributed by atoms with Gasteiger partial charge in [-0.25, -0.2) is 4.79 Å². The predicted molar refractivity (Wildman–Crippen MR) is 114 cm³/mol. The third-order valence-corrected chi connectivity index (χ3v) is 6.12. The van der Waals surface area contributed by atoms with Gasteiger partial charge < -0.3 is 24.6 Å². The average molecular weight is 396 g/mol. The molecule has 1 N–H and O–H groups in total. The summed E-state index contributed by atoms with van der Waals surface area (Å²) in [5.74, 6) is 1.46. The maximum absolute atomic E-state index is 12.7. The van der Waals surface area contributed by atoms with E-state index in [0.717, 1.165) is 50.5 Å². The average Bonchev–Trinajstić information content (AvgIpc) is 3.59. The molecular formula is C23H29N3O3. The maximum atomic E-state index is 12.7. The number of benzene rings is 2. The van der Waals surface area contributed by atoms with Crippen molar-refractivity contribution in [2.24, 2.45) is 0 Å². The van der Waals surface area contributed by atoms with Crippen molar-refractivity contribution in [2.45, 2.75) is 18.3 Å². The largest absolute Gasteiger partial charge is 0.493 e. The molecule has 0 spiro atoms. The summed E-state index contributed by atoms with van der Waals surface area (Å²) >= 11 is 0. The zero-order valence-electron chi connectivity index (χ0n) is 17.2. The van der Waals surface area contributed by atoms with Crippen LogP contribution >= 0.6 is 0 Å². The Morgan fingerprint density at radius 2 is 1.66 bits per heavy atom. The number of hydrogen-bond acceptors (Lipinski definition) is 4. The van der Waals surface area contributed by atoms with Crippen LogP contribution < -0.4 is 19.7 Å². The molecule has 4 rings (SSSR count). The number of carbonyl (C=O) groups excluding carboxylic acids is 1. The van der Waals surface area contributed by atoms with E-state index < -0.39 is 0 Å². The Morgan fingerprint density at radius 1 is 0.966 bits per heavy atom. The molecule has 2 aliphatic rings. The van der Waals surface area contributed by atoms with Crippen LogP contribution in [0.25, 0.3) is 0 Å². The Kier molecular flexibility index (Phi) is 5.51. The van der Waals surface area contributed by atoms with Crippen molar-refractivity contribution in [3.8, 4) is 11.5 Å². The van der Waals surface area contributed by atoms with E-state index in [9.17, 15) is 4.79 Å². The quantitative estimate of drug-likeness (QED) is 0.816. The summed E-state index contributed by atoms with van der Waals surface area (Å²) in [6.07, 6.45) is 2.15. The summed E-state index contributed by atoms with van der Waals surface area (Å²) < 4.78 is 10.8. The van der Waals surface area contributed by atoms with E-state index in [-0.39, 0.29) is 11.4 Å². The van der Waals surface area contributed by atoms with E-state index in [1.807, 2.05) is 23.1 Å². The molecule has 0 unspecified atom stereocenters. The minimum atomic E-state index is 0.0150. The molecule has 1 heterocycles. The van der Waals surface area contributed by atoms with E-state index in [1.165, 1.54) is 11.3 Å². The van der Waals surface area contributed by atoms with Gasteiger partial charge in [0.2, 0.25) is 0 Å². The van der Waals surface area contributed by atoms with Crippen LogP contribution in [0, 0.1) is 0 Å². The van der Waals surface area contributed by atoms with Gasteiger partial charge in [-0.05, 0) is 42.7 Å². The van der Waals surface area contributed by atoms with Gasteiger partial charge in [0.15, 0.2) is 11.5 Å². The molecule has 1 saturated carbocycles. The number of urea groups is 1. The number of anilines is 1. The zero-order valence-corrected chi connectivity index (χ0v) is 17.2. The summed E-state index contributed by atoms with van der Waals surface area (Å²) in [6, 6.07) is 16.5. The lowest BCUT2D eigenvalue weighted by atomic mass is 9.95. The van der Waals surface area contributed by atoms with Gasteiger partial charge in [0.25, 0.3) is 0 Å². The van der Waals surface area contributed by atoms with E-state index in [1.54, 1.807) is 14.2 Å². The molecule has 0 radical (unpaired) electrons. The molecule has 0 bridgehead atoms. The Bertz CT molecular complexity index is 844. The van der Waals surface area contributed by atoms with E-state index in [4.69, 9.17) is 9.47 Å². The second-order valence-electron chi connectivity index (χ2n) is 7.82. The number of hydrogen-bond donors (Lipinski definition) is 1. The highest BCUT2D eigenvalue weighted by atomic mass is 16.5. The third-order valence-electron chi connectivity index (χ3n) is 6.12. The normalized spacial score (nSPS) is 17.6. The molecule has 0 atom stereocenters. The van der Waals surface area contributed by atoms with Gasteiger partial charge in [-0.1, -0.05) is 24.3 Å². The minimum Gasteiger partial charge on any atom is -0.493 e. The summed E-state index contributed by atoms with van der Waals surface area (Å²) in [7, 11) is 3.29. The topological polar surface area (TPSA) is 54.0 Å². The van der Waals surface area contributed by atoms with Crippen molar-refractivity contribution in [1.82, 2.24) is 10.2 Å². The number of para-hydroxylation sites is 1. The van der Waals surface area contributed by atoms with E-state index in [2.05, 4.69) is 40.5 Å². The lowest BCUT2D eigenvalue weighted by molar-refractivity contribution is 0.193. The lowest BCUT2D eigenvalue weighted by Gasteiger charge is -2.36. The van der Waals surface area contributed by atoms with Crippen LogP contribution in [-0.2, 0) is 5.41 Å². The SMILES string of the molecule is COc1ccc(C2(CNC(=O)N3CCN(c4ccccc4)CC3)CC2)cc1OC. The van der Waals surface area contributed by atoms with Crippen molar-refractivity contribution in [2.75, 3.05) is 51.8 Å². The fraction of sp³-hybridized carbons (Fsp3) is 0.435. The molecule has 6 nitrogen and oxygen atoms in total. The second kappa shape index (κ2) is 8.23. The van der Waals surface area contributed by atoms with Gasteiger partial charge in [-0.3, -0.25) is 0 Å². The fourth-order valence-corrected chi connectivity index (χ4v) is 4.05. The highest BCUT2D eigenvalue weighted by Crippen LogP contribution is 2.49. The number of methoxy groups -OCH3 is 2. The maximum Gasteiger partial charge on any atom is 0.317 e. The van der Waals surface area contributed by atoms with Gasteiger partial charge in [-0.15, -0.1) is 0 Å². The van der Waals surface area contributed by atoms with Crippen molar-refractivity contribution in [3.63, 3.8) is 0 Å². The van der Waals surface area contributed by atoms with Crippen LogP contribution in [0.1, 0.15) is 18.4 Å². The molecule has 29 heavy (non-hydrogen) atoms. The van der Waals surface area contributed by atoms with Crippen LogP contribution in [-0.4, -0.2) is 57.9 Å². The van der Waals surface area contributed by atoms with Gasteiger partial charge in [0, 0.05) is 43.8 Å². The Balaban J connectivity index is 1.32. The number of nitrogens with one attached hydrogen (secondary N) is 1. The first-order valence-corrected chi connectivity index (χ1v) is 10.2. The van der Waals surface area contributed by atoms with Crippen LogP contribution in [0.3, 0.4) is 0 Å². The minimum absolute atomic E-state index is 0.0150. The van der Waals surface area contributed by atoms with Gasteiger partial charge in [0.05, 0.1) is 14.2 Å². The predicted octanol–water partition coefficient (Wildman–Crippen LogP) is 3.27. The Labute approximate surface area is 172 Å². The summed E-state index contributed by atoms with van der Waals surface area (Å²) in [4.78, 5) is 17.0. The van der Waals surface area contributed by atoms with Crippen LogP contribution in [0.4, 0.5) is 10.5 Å². The first-order chi connectivity index (χ1) is 14.1. The molecule has 6 heteroatoms. The fourth-order valence-electron chi connectivity index (χ4n) is 4.05. The van der Waals surface area contributed by atoms with Crippen molar-refractivity contribution < 1.29 is 14.3 Å². The Morgan fingerprint density at radius 3 is 2.28 bits per heavy atom. The van der Waals surface area contributed by atoms with E-state index >= 15 is 0 Å². The van der Waals surface area contributed by atoms with Crippen molar-refractivity contribution in [3.05, 3.63) is 54.1 Å². The number of amides is 2. The molecule has 0 aromatic heterocycles. The zero-order chi connectivity index (χ0) is 20.3. The molecule has 2 fully saturated rings. The standard InChI is InChI=1S/C23H29N3O3/c1-28-20-9-8-18(16-21(20)29-2)23(10-11-23)17-24-22(27)26-14-12-25(13-15-26)19-6-4-3-5-7-19/h3-9,16H,10-15,17H2,1-2H3,(H,24,27). The second-order valence-corrected chi connectivity index (χ2v) is 7.82. The molecule has 1 saturated heterocycles. The Hall–Kier alpha value is -2.89. The van der Waals surface area contributed by atoms with Crippen LogP contribution in [0.2, 0.25) is 0 Å².